The lowest BCUT2D eigenvalue weighted by atomic mass is 10.2. The number of rotatable bonds is 4. The van der Waals surface area contributed by atoms with Gasteiger partial charge in [-0.25, -0.2) is 14.5 Å². The molecule has 110 valence electrons. The van der Waals surface area contributed by atoms with E-state index in [1.54, 1.807) is 22.0 Å². The maximum Gasteiger partial charge on any atom is 0.322 e. The minimum atomic E-state index is -0.952. The fourth-order valence-corrected chi connectivity index (χ4v) is 2.86. The number of imidazole rings is 1. The normalized spacial score (nSPS) is 11.3. The summed E-state index contributed by atoms with van der Waals surface area (Å²) in [5.41, 5.74) is 2.68. The molecule has 0 amide bonds. The van der Waals surface area contributed by atoms with Gasteiger partial charge in [0.25, 0.3) is 5.78 Å². The Morgan fingerprint density at radius 3 is 3.09 bits per heavy atom. The highest BCUT2D eigenvalue weighted by atomic mass is 32.1. The third kappa shape index (κ3) is 2.07. The summed E-state index contributed by atoms with van der Waals surface area (Å²) < 4.78 is 1.71. The molecule has 3 aromatic heterocycles. The van der Waals surface area contributed by atoms with E-state index in [-0.39, 0.29) is 6.54 Å². The summed E-state index contributed by atoms with van der Waals surface area (Å²) in [6, 6.07) is 5.87. The Labute approximate surface area is 127 Å². The second-order valence-corrected chi connectivity index (χ2v) is 5.50. The van der Waals surface area contributed by atoms with Crippen LogP contribution in [-0.2, 0) is 4.79 Å². The number of H-pyrrole nitrogens is 1. The fourth-order valence-electron chi connectivity index (χ4n) is 2.22. The van der Waals surface area contributed by atoms with Crippen molar-refractivity contribution < 1.29 is 9.90 Å². The van der Waals surface area contributed by atoms with Gasteiger partial charge in [-0.2, -0.15) is 4.98 Å². The Kier molecular flexibility index (Phi) is 2.79. The first-order chi connectivity index (χ1) is 10.7. The molecule has 0 atom stereocenters. The van der Waals surface area contributed by atoms with E-state index in [0.29, 0.717) is 11.7 Å². The van der Waals surface area contributed by atoms with Crippen LogP contribution in [0.4, 0.5) is 5.95 Å². The number of anilines is 1. The topological polar surface area (TPSA) is 108 Å². The van der Waals surface area contributed by atoms with E-state index in [2.05, 4.69) is 25.4 Å². The lowest BCUT2D eigenvalue weighted by molar-refractivity contribution is -0.134. The van der Waals surface area contributed by atoms with E-state index < -0.39 is 5.97 Å². The van der Waals surface area contributed by atoms with Crippen molar-refractivity contribution in [1.82, 2.24) is 24.6 Å². The molecule has 0 bridgehead atoms. The van der Waals surface area contributed by atoms with Crippen LogP contribution in [0.25, 0.3) is 27.4 Å². The Morgan fingerprint density at radius 2 is 2.32 bits per heavy atom. The minimum Gasteiger partial charge on any atom is -0.480 e. The summed E-state index contributed by atoms with van der Waals surface area (Å²) in [4.78, 5) is 23.5. The smallest absolute Gasteiger partial charge is 0.322 e. The summed E-state index contributed by atoms with van der Waals surface area (Å²) in [6.07, 6.45) is 1.77. The first kappa shape index (κ1) is 12.8. The van der Waals surface area contributed by atoms with E-state index >= 15 is 0 Å². The number of thiazole rings is 1. The predicted molar refractivity (Wildman–Crippen MR) is 82.1 cm³/mol. The van der Waals surface area contributed by atoms with Crippen LogP contribution in [0.15, 0.2) is 29.8 Å². The Hall–Kier alpha value is -2.94. The van der Waals surface area contributed by atoms with E-state index in [0.717, 1.165) is 21.6 Å². The number of hydrogen-bond donors (Lipinski definition) is 3. The molecule has 3 N–H and O–H groups in total. The number of nitrogens with zero attached hydrogens (tertiary/aromatic N) is 4. The average molecular weight is 314 g/mol. The number of nitrogens with one attached hydrogen (secondary N) is 2. The molecular formula is C13H10N6O2S. The third-order valence-corrected chi connectivity index (χ3v) is 3.97. The Morgan fingerprint density at radius 1 is 1.41 bits per heavy atom. The molecule has 0 aliphatic rings. The van der Waals surface area contributed by atoms with Gasteiger partial charge in [0.15, 0.2) is 0 Å². The highest BCUT2D eigenvalue weighted by Gasteiger charge is 2.11. The molecule has 1 aromatic carbocycles. The maximum atomic E-state index is 10.6. The van der Waals surface area contributed by atoms with Gasteiger partial charge in [0, 0.05) is 17.1 Å². The van der Waals surface area contributed by atoms with Gasteiger partial charge in [0.2, 0.25) is 5.95 Å². The van der Waals surface area contributed by atoms with Crippen LogP contribution in [0.1, 0.15) is 0 Å². The number of fused-ring (bicyclic) bond motifs is 3. The SMILES string of the molecule is O=C(O)CNc1nc2nc3cc(-c4nccs4)ccc3n2[nH]1. The lowest BCUT2D eigenvalue weighted by Crippen LogP contribution is -2.13. The van der Waals surface area contributed by atoms with Crippen LogP contribution in [-0.4, -0.2) is 42.2 Å². The van der Waals surface area contributed by atoms with Crippen LogP contribution in [0, 0.1) is 0 Å². The number of benzene rings is 1. The lowest BCUT2D eigenvalue weighted by Gasteiger charge is -1.98. The van der Waals surface area contributed by atoms with E-state index in [9.17, 15) is 4.79 Å². The monoisotopic (exact) mass is 314 g/mol. The number of aliphatic carboxylic acids is 1. The highest BCUT2D eigenvalue weighted by molar-refractivity contribution is 7.13. The van der Waals surface area contributed by atoms with Crippen molar-refractivity contribution in [2.45, 2.75) is 0 Å². The van der Waals surface area contributed by atoms with E-state index in [4.69, 9.17) is 5.11 Å². The molecule has 0 spiro atoms. The minimum absolute atomic E-state index is 0.206. The van der Waals surface area contributed by atoms with Gasteiger partial charge in [-0.3, -0.25) is 9.89 Å². The molecule has 3 heterocycles. The molecule has 0 aliphatic carbocycles. The average Bonchev–Trinajstić information content (AvgIpc) is 3.20. The van der Waals surface area contributed by atoms with Gasteiger partial charge < -0.3 is 10.4 Å². The number of carboxylic acids is 1. The van der Waals surface area contributed by atoms with Crippen molar-refractivity contribution in [2.75, 3.05) is 11.9 Å². The molecule has 0 radical (unpaired) electrons. The first-order valence-corrected chi connectivity index (χ1v) is 7.32. The predicted octanol–water partition coefficient (Wildman–Crippen LogP) is 1.83. The zero-order chi connectivity index (χ0) is 15.1. The third-order valence-electron chi connectivity index (χ3n) is 3.15. The van der Waals surface area contributed by atoms with Crippen molar-refractivity contribution in [1.29, 1.82) is 0 Å². The van der Waals surface area contributed by atoms with Gasteiger partial charge in [0.1, 0.15) is 11.6 Å². The van der Waals surface area contributed by atoms with Gasteiger partial charge in [-0.15, -0.1) is 11.3 Å². The number of aromatic nitrogens is 5. The van der Waals surface area contributed by atoms with Crippen LogP contribution in [0.5, 0.6) is 0 Å². The fraction of sp³-hybridized carbons (Fsp3) is 0.0769. The molecule has 0 saturated heterocycles. The molecule has 4 rings (SSSR count). The summed E-state index contributed by atoms with van der Waals surface area (Å²) in [5, 5.41) is 17.2. The number of carbonyl (C=O) groups is 1. The number of aromatic amines is 1. The van der Waals surface area contributed by atoms with Crippen molar-refractivity contribution >= 4 is 40.1 Å². The molecule has 0 aliphatic heterocycles. The van der Waals surface area contributed by atoms with Gasteiger partial charge in [-0.1, -0.05) is 0 Å². The first-order valence-electron chi connectivity index (χ1n) is 6.44. The van der Waals surface area contributed by atoms with Gasteiger partial charge in [0.05, 0.1) is 11.0 Å². The van der Waals surface area contributed by atoms with Crippen molar-refractivity contribution in [3.63, 3.8) is 0 Å². The molecule has 9 heteroatoms. The Balaban J connectivity index is 1.75. The summed E-state index contributed by atoms with van der Waals surface area (Å²) in [5.74, 6) is -0.0954. The van der Waals surface area contributed by atoms with Crippen LogP contribution >= 0.6 is 11.3 Å². The van der Waals surface area contributed by atoms with Crippen LogP contribution in [0.3, 0.4) is 0 Å². The molecular weight excluding hydrogens is 304 g/mol. The molecule has 0 fully saturated rings. The second-order valence-electron chi connectivity index (χ2n) is 4.61. The van der Waals surface area contributed by atoms with E-state index in [1.165, 1.54) is 0 Å². The second kappa shape index (κ2) is 4.81. The molecule has 4 aromatic rings. The van der Waals surface area contributed by atoms with Gasteiger partial charge >= 0.3 is 5.97 Å². The van der Waals surface area contributed by atoms with Crippen molar-refractivity contribution in [3.8, 4) is 10.6 Å². The van der Waals surface area contributed by atoms with Crippen molar-refractivity contribution in [2.24, 2.45) is 0 Å². The van der Waals surface area contributed by atoms with Gasteiger partial charge in [-0.05, 0) is 18.2 Å². The number of carboxylic acid groups (broad SMARTS) is 1. The number of hydrogen-bond acceptors (Lipinski definition) is 6. The quantitative estimate of drug-likeness (QED) is 0.530. The zero-order valence-electron chi connectivity index (χ0n) is 11.1. The van der Waals surface area contributed by atoms with E-state index in [1.807, 2.05) is 23.6 Å². The summed E-state index contributed by atoms with van der Waals surface area (Å²) >= 11 is 1.57. The highest BCUT2D eigenvalue weighted by Crippen LogP contribution is 2.26. The zero-order valence-corrected chi connectivity index (χ0v) is 12.0. The van der Waals surface area contributed by atoms with Crippen LogP contribution < -0.4 is 5.32 Å². The molecule has 0 saturated carbocycles. The standard InChI is InChI=1S/C13H10N6O2S/c20-10(21)6-15-12-17-13-16-8-5-7(11-14-3-4-22-11)1-2-9(8)19(13)18-12/h1-5H,6H2,(H,20,21)(H2,15,16,17,18). The van der Waals surface area contributed by atoms with Crippen LogP contribution in [0.2, 0.25) is 0 Å². The maximum absolute atomic E-state index is 10.6. The molecule has 22 heavy (non-hydrogen) atoms. The van der Waals surface area contributed by atoms with Crippen molar-refractivity contribution in [3.05, 3.63) is 29.8 Å². The summed E-state index contributed by atoms with van der Waals surface area (Å²) in [7, 11) is 0. The summed E-state index contributed by atoms with van der Waals surface area (Å²) in [6.45, 7) is -0.206. The Bertz CT molecular complexity index is 971. The molecule has 8 nitrogen and oxygen atoms in total. The largest absolute Gasteiger partial charge is 0.480 e. The molecule has 0 unspecified atom stereocenters.